The van der Waals surface area contributed by atoms with Gasteiger partial charge in [-0.25, -0.2) is 0 Å². The third kappa shape index (κ3) is 1.13. The highest BCUT2D eigenvalue weighted by molar-refractivity contribution is 5.93. The Kier molecular flexibility index (Phi) is 1.50. The van der Waals surface area contributed by atoms with Gasteiger partial charge in [0.05, 0.1) is 11.9 Å². The highest BCUT2D eigenvalue weighted by Gasteiger charge is 2.20. The predicted octanol–water partition coefficient (Wildman–Crippen LogP) is 0.214. The Morgan fingerprint density at radius 1 is 1.50 bits per heavy atom. The molecule has 3 nitrogen and oxygen atoms in total. The fraction of sp³-hybridized carbons (Fsp3) is 0.222. The smallest absolute Gasteiger partial charge is 0.159 e. The molecule has 0 fully saturated rings. The van der Waals surface area contributed by atoms with Crippen molar-refractivity contribution in [3.63, 3.8) is 0 Å². The molecule has 1 aliphatic heterocycles. The minimum absolute atomic E-state index is 0.132. The van der Waals surface area contributed by atoms with Crippen molar-refractivity contribution in [2.45, 2.75) is 12.5 Å². The molecule has 0 radical (unpaired) electrons. The van der Waals surface area contributed by atoms with Crippen molar-refractivity contribution in [2.24, 2.45) is 5.73 Å². The van der Waals surface area contributed by atoms with E-state index in [4.69, 9.17) is 5.73 Å². The number of carbonyl (C=O) groups is 1. The lowest BCUT2D eigenvalue weighted by Crippen LogP contribution is -2.36. The molecule has 0 aromatic heterocycles. The van der Waals surface area contributed by atoms with Crippen molar-refractivity contribution in [3.8, 4) is 0 Å². The molecular formula is C9H10N2O. The van der Waals surface area contributed by atoms with E-state index in [9.17, 15) is 4.79 Å². The van der Waals surface area contributed by atoms with E-state index in [2.05, 4.69) is 5.32 Å². The highest BCUT2D eigenvalue weighted by Crippen LogP contribution is 2.18. The van der Waals surface area contributed by atoms with E-state index in [-0.39, 0.29) is 11.8 Å². The molecule has 3 N–H and O–H groups in total. The van der Waals surface area contributed by atoms with Crippen LogP contribution in [0.1, 0.15) is 6.42 Å². The molecule has 1 atom stereocenters. The predicted molar refractivity (Wildman–Crippen MR) is 46.0 cm³/mol. The molecule has 1 aliphatic carbocycles. The molecule has 12 heavy (non-hydrogen) atoms. The minimum atomic E-state index is 0.132. The van der Waals surface area contributed by atoms with Gasteiger partial charge >= 0.3 is 0 Å². The molecule has 0 amide bonds. The van der Waals surface area contributed by atoms with Crippen LogP contribution in [-0.2, 0) is 4.79 Å². The Hall–Kier alpha value is -1.51. The zero-order valence-corrected chi connectivity index (χ0v) is 6.58. The van der Waals surface area contributed by atoms with Crippen molar-refractivity contribution < 1.29 is 4.79 Å². The molecule has 3 heteroatoms. The third-order valence-corrected chi connectivity index (χ3v) is 2.05. The van der Waals surface area contributed by atoms with E-state index in [1.807, 2.05) is 12.2 Å². The first-order chi connectivity index (χ1) is 5.75. The van der Waals surface area contributed by atoms with E-state index in [0.29, 0.717) is 12.2 Å². The molecule has 0 spiro atoms. The number of nitrogens with one attached hydrogen (secondary N) is 1. The fourth-order valence-electron chi connectivity index (χ4n) is 1.43. The molecule has 2 aliphatic rings. The van der Waals surface area contributed by atoms with Crippen LogP contribution in [0.2, 0.25) is 0 Å². The lowest BCUT2D eigenvalue weighted by molar-refractivity contribution is -0.114. The SMILES string of the molecule is NC1=CC=C2CC(=O)C=CC2N1. The molecular weight excluding hydrogens is 152 g/mol. The summed E-state index contributed by atoms with van der Waals surface area (Å²) in [5.41, 5.74) is 6.66. The Balaban J connectivity index is 2.31. The lowest BCUT2D eigenvalue weighted by atomic mass is 9.93. The summed E-state index contributed by atoms with van der Waals surface area (Å²) in [5, 5.41) is 3.07. The molecule has 0 aromatic rings. The van der Waals surface area contributed by atoms with E-state index in [0.717, 1.165) is 5.57 Å². The second-order valence-corrected chi connectivity index (χ2v) is 2.99. The number of ketones is 1. The lowest BCUT2D eigenvalue weighted by Gasteiger charge is -2.25. The van der Waals surface area contributed by atoms with Crippen LogP contribution < -0.4 is 11.1 Å². The quantitative estimate of drug-likeness (QED) is 0.535. The molecule has 62 valence electrons. The van der Waals surface area contributed by atoms with Crippen LogP contribution in [-0.4, -0.2) is 11.8 Å². The van der Waals surface area contributed by atoms with Gasteiger partial charge in [0.1, 0.15) is 0 Å². The summed E-state index contributed by atoms with van der Waals surface area (Å²) in [6, 6.07) is 0.132. The number of allylic oxidation sites excluding steroid dienone is 3. The Labute approximate surface area is 70.6 Å². The largest absolute Gasteiger partial charge is 0.386 e. The second-order valence-electron chi connectivity index (χ2n) is 2.99. The average Bonchev–Trinajstić information content (AvgIpc) is 2.05. The molecule has 0 saturated heterocycles. The summed E-state index contributed by atoms with van der Waals surface area (Å²) in [4.78, 5) is 11.0. The monoisotopic (exact) mass is 162 g/mol. The molecule has 0 bridgehead atoms. The Morgan fingerprint density at radius 2 is 2.33 bits per heavy atom. The molecule has 1 heterocycles. The minimum Gasteiger partial charge on any atom is -0.386 e. The maximum Gasteiger partial charge on any atom is 0.159 e. The Bertz CT molecular complexity index is 312. The molecule has 1 unspecified atom stereocenters. The third-order valence-electron chi connectivity index (χ3n) is 2.05. The average molecular weight is 162 g/mol. The van der Waals surface area contributed by atoms with Crippen LogP contribution >= 0.6 is 0 Å². The summed E-state index contributed by atoms with van der Waals surface area (Å²) in [7, 11) is 0. The van der Waals surface area contributed by atoms with Crippen LogP contribution in [0.3, 0.4) is 0 Å². The van der Waals surface area contributed by atoms with Crippen molar-refractivity contribution >= 4 is 5.78 Å². The summed E-state index contributed by atoms with van der Waals surface area (Å²) < 4.78 is 0. The summed E-state index contributed by atoms with van der Waals surface area (Å²) in [5.74, 6) is 0.816. The van der Waals surface area contributed by atoms with E-state index in [1.165, 1.54) is 0 Å². The summed E-state index contributed by atoms with van der Waals surface area (Å²) in [6.45, 7) is 0. The van der Waals surface area contributed by atoms with Gasteiger partial charge in [-0.2, -0.15) is 0 Å². The van der Waals surface area contributed by atoms with Crippen molar-refractivity contribution in [3.05, 3.63) is 35.7 Å². The van der Waals surface area contributed by atoms with Gasteiger partial charge in [0.15, 0.2) is 5.78 Å². The van der Waals surface area contributed by atoms with Gasteiger partial charge in [-0.3, -0.25) is 4.79 Å². The van der Waals surface area contributed by atoms with Gasteiger partial charge in [-0.1, -0.05) is 12.2 Å². The first kappa shape index (κ1) is 7.16. The molecule has 2 rings (SSSR count). The van der Waals surface area contributed by atoms with E-state index < -0.39 is 0 Å². The summed E-state index contributed by atoms with van der Waals surface area (Å²) >= 11 is 0. The number of carbonyl (C=O) groups excluding carboxylic acids is 1. The maximum atomic E-state index is 11.0. The van der Waals surface area contributed by atoms with Crippen LogP contribution in [0.4, 0.5) is 0 Å². The number of hydrogen-bond donors (Lipinski definition) is 2. The standard InChI is InChI=1S/C9H10N2O/c10-9-4-1-6-5-7(12)2-3-8(6)11-9/h1-4,8,11H,5,10H2. The first-order valence-corrected chi connectivity index (χ1v) is 3.89. The van der Waals surface area contributed by atoms with Gasteiger partial charge in [-0.05, 0) is 17.7 Å². The number of fused-ring (bicyclic) bond motifs is 1. The second kappa shape index (κ2) is 2.52. The number of rotatable bonds is 0. The van der Waals surface area contributed by atoms with E-state index in [1.54, 1.807) is 12.2 Å². The van der Waals surface area contributed by atoms with Crippen LogP contribution in [0, 0.1) is 0 Å². The van der Waals surface area contributed by atoms with Crippen LogP contribution in [0.15, 0.2) is 35.7 Å². The normalized spacial score (nSPS) is 27.0. The van der Waals surface area contributed by atoms with Crippen molar-refractivity contribution in [1.29, 1.82) is 0 Å². The van der Waals surface area contributed by atoms with Gasteiger partial charge in [-0.15, -0.1) is 0 Å². The van der Waals surface area contributed by atoms with Gasteiger partial charge < -0.3 is 11.1 Å². The molecule has 0 saturated carbocycles. The zero-order chi connectivity index (χ0) is 8.55. The van der Waals surface area contributed by atoms with Crippen molar-refractivity contribution in [1.82, 2.24) is 5.32 Å². The fourth-order valence-corrected chi connectivity index (χ4v) is 1.43. The van der Waals surface area contributed by atoms with Gasteiger partial charge in [0.25, 0.3) is 0 Å². The van der Waals surface area contributed by atoms with Crippen LogP contribution in [0.25, 0.3) is 0 Å². The zero-order valence-electron chi connectivity index (χ0n) is 6.58. The summed E-state index contributed by atoms with van der Waals surface area (Å²) in [6.07, 6.45) is 7.67. The number of hydrogen-bond acceptors (Lipinski definition) is 3. The Morgan fingerprint density at radius 3 is 3.17 bits per heavy atom. The van der Waals surface area contributed by atoms with Gasteiger partial charge in [0, 0.05) is 6.42 Å². The first-order valence-electron chi connectivity index (χ1n) is 3.89. The number of nitrogens with two attached hydrogens (primary N) is 1. The van der Waals surface area contributed by atoms with Crippen molar-refractivity contribution in [2.75, 3.05) is 0 Å². The molecule has 0 aromatic carbocycles. The topological polar surface area (TPSA) is 55.1 Å². The highest BCUT2D eigenvalue weighted by atomic mass is 16.1. The van der Waals surface area contributed by atoms with E-state index >= 15 is 0 Å². The van der Waals surface area contributed by atoms with Gasteiger partial charge in [0.2, 0.25) is 0 Å². The number of dihydropyridines is 1. The van der Waals surface area contributed by atoms with Crippen LogP contribution in [0.5, 0.6) is 0 Å². The maximum absolute atomic E-state index is 11.0.